The number of carbonyl (C=O) groups is 3. The van der Waals surface area contributed by atoms with E-state index in [1.807, 2.05) is 32.8 Å². The molecule has 3 heterocycles. The number of hydrogen-bond acceptors (Lipinski definition) is 13. The lowest BCUT2D eigenvalue weighted by Gasteiger charge is -2.47. The van der Waals surface area contributed by atoms with Gasteiger partial charge in [-0.15, -0.1) is 6.42 Å². The van der Waals surface area contributed by atoms with Crippen LogP contribution in [0, 0.1) is 47.3 Å². The number of nitrogens with zero attached hydrogens (tertiary/aromatic N) is 1. The van der Waals surface area contributed by atoms with Crippen molar-refractivity contribution in [3.63, 3.8) is 0 Å². The van der Waals surface area contributed by atoms with E-state index < -0.39 is 77.9 Å². The van der Waals surface area contributed by atoms with Crippen LogP contribution in [0.4, 0.5) is 0 Å². The maximum absolute atomic E-state index is 14.3. The Hall–Kier alpha value is -3.00. The van der Waals surface area contributed by atoms with Crippen LogP contribution in [0.15, 0.2) is 23.3 Å². The fraction of sp³-hybridized carbons (Fsp3) is 0.783. The Bertz CT molecular complexity index is 1540. The maximum atomic E-state index is 14.3. The van der Waals surface area contributed by atoms with E-state index in [4.69, 9.17) is 34.2 Å². The van der Waals surface area contributed by atoms with E-state index in [0.717, 1.165) is 5.57 Å². The summed E-state index contributed by atoms with van der Waals surface area (Å²) in [7, 11) is 4.67. The van der Waals surface area contributed by atoms with Crippen LogP contribution in [0.2, 0.25) is 0 Å². The molecule has 340 valence electrons. The highest BCUT2D eigenvalue weighted by Gasteiger charge is 2.56. The lowest BCUT2D eigenvalue weighted by atomic mass is 9.81. The number of allylic oxidation sites excluding steroid dienone is 3. The molecular weight excluding hydrogens is 773 g/mol. The number of fused-ring (bicyclic) bond motifs is 3. The first-order chi connectivity index (χ1) is 28.4. The Kier molecular flexibility index (Phi) is 20.5. The van der Waals surface area contributed by atoms with E-state index in [0.29, 0.717) is 62.7 Å². The van der Waals surface area contributed by atoms with E-state index >= 15 is 0 Å². The summed E-state index contributed by atoms with van der Waals surface area (Å²) < 4.78 is 29.8. The molecule has 0 aromatic heterocycles. The van der Waals surface area contributed by atoms with Gasteiger partial charge in [-0.2, -0.15) is 0 Å². The minimum absolute atomic E-state index is 0.0256. The number of piperidine rings is 1. The highest BCUT2D eigenvalue weighted by atomic mass is 16.7. The smallest absolute Gasteiger partial charge is 0.329 e. The summed E-state index contributed by atoms with van der Waals surface area (Å²) in [6.07, 6.45) is 9.23. The molecule has 4 rings (SSSR count). The summed E-state index contributed by atoms with van der Waals surface area (Å²) >= 11 is 0. The van der Waals surface area contributed by atoms with Crippen molar-refractivity contribution in [1.82, 2.24) is 4.90 Å². The molecule has 0 unspecified atom stereocenters. The number of hydrogen-bond donors (Lipinski definition) is 5. The second-order valence-corrected chi connectivity index (χ2v) is 17.6. The number of aliphatic hydroxyl groups excluding tert-OH is 3. The summed E-state index contributed by atoms with van der Waals surface area (Å²) in [4.78, 5) is 43.9. The molecule has 14 heteroatoms. The Morgan fingerprint density at radius 3 is 2.22 bits per heavy atom. The topological polar surface area (TPSA) is 205 Å². The second kappa shape index (κ2) is 24.0. The maximum Gasteiger partial charge on any atom is 0.329 e. The first-order valence-electron chi connectivity index (χ1n) is 21.8. The van der Waals surface area contributed by atoms with Gasteiger partial charge in [0.15, 0.2) is 0 Å². The highest BCUT2D eigenvalue weighted by Crippen LogP contribution is 2.39. The van der Waals surface area contributed by atoms with Gasteiger partial charge in [0.2, 0.25) is 5.79 Å². The largest absolute Gasteiger partial charge is 0.456 e. The molecule has 0 aromatic carbocycles. The molecule has 3 aliphatic heterocycles. The quantitative estimate of drug-likeness (QED) is 0.108. The van der Waals surface area contributed by atoms with Crippen LogP contribution < -0.4 is 0 Å². The number of Topliss-reactive ketones (excluding diaryl/α,β-unsaturated/α-hetero) is 1. The predicted octanol–water partition coefficient (Wildman–Crippen LogP) is 4.54. The molecule has 14 nitrogen and oxygen atoms in total. The monoisotopic (exact) mass is 847 g/mol. The molecule has 0 aromatic rings. The van der Waals surface area contributed by atoms with Crippen LogP contribution in [-0.4, -0.2) is 138 Å². The molecular formula is C46H74N2O12. The van der Waals surface area contributed by atoms with Crippen LogP contribution in [-0.2, 0) is 38.1 Å². The number of esters is 1. The molecule has 4 aliphatic rings. The van der Waals surface area contributed by atoms with Crippen molar-refractivity contribution >= 4 is 23.4 Å². The fourth-order valence-corrected chi connectivity index (χ4v) is 9.44. The Balaban J connectivity index is 0.00000229. The number of ether oxygens (including phenoxy) is 5. The molecule has 2 bridgehead atoms. The number of terminal acetylenes is 1. The third-order valence-electron chi connectivity index (χ3n) is 13.0. The van der Waals surface area contributed by atoms with Gasteiger partial charge < -0.3 is 54.4 Å². The predicted molar refractivity (Wildman–Crippen MR) is 227 cm³/mol. The second-order valence-electron chi connectivity index (χ2n) is 17.6. The first kappa shape index (κ1) is 51.4. The minimum atomic E-state index is -2.49. The van der Waals surface area contributed by atoms with Crippen molar-refractivity contribution in [2.45, 2.75) is 167 Å². The van der Waals surface area contributed by atoms with Gasteiger partial charge in [-0.05, 0) is 95.5 Å². The summed E-state index contributed by atoms with van der Waals surface area (Å²) in [5.74, 6) is -4.93. The fourth-order valence-electron chi connectivity index (χ4n) is 9.44. The highest BCUT2D eigenvalue weighted by molar-refractivity contribution is 6.39. The summed E-state index contributed by atoms with van der Waals surface area (Å²) in [5, 5.41) is 50.9. The number of carbonyl (C=O) groups excluding carboxylic acids is 3. The molecule has 14 atom stereocenters. The average molecular weight is 847 g/mol. The molecule has 3 fully saturated rings. The van der Waals surface area contributed by atoms with Gasteiger partial charge in [-0.1, -0.05) is 51.3 Å². The van der Waals surface area contributed by atoms with Gasteiger partial charge in [0.1, 0.15) is 24.9 Å². The van der Waals surface area contributed by atoms with Crippen LogP contribution in [0.5, 0.6) is 0 Å². The van der Waals surface area contributed by atoms with E-state index in [1.165, 1.54) is 4.90 Å². The summed E-state index contributed by atoms with van der Waals surface area (Å²) in [6, 6.07) is -1.11. The molecule has 2 saturated heterocycles. The summed E-state index contributed by atoms with van der Waals surface area (Å²) in [6.45, 7) is 11.4. The van der Waals surface area contributed by atoms with E-state index in [1.54, 1.807) is 35.2 Å². The number of nitrogens with one attached hydrogen (secondary N) is 1. The van der Waals surface area contributed by atoms with E-state index in [2.05, 4.69) is 19.4 Å². The van der Waals surface area contributed by atoms with E-state index in [9.17, 15) is 29.7 Å². The number of aliphatic hydroxyl groups is 4. The van der Waals surface area contributed by atoms with Crippen LogP contribution in [0.3, 0.4) is 0 Å². The molecule has 1 aliphatic carbocycles. The third-order valence-corrected chi connectivity index (χ3v) is 13.0. The number of cyclic esters (lactones) is 1. The molecule has 1 saturated carbocycles. The van der Waals surface area contributed by atoms with Gasteiger partial charge >= 0.3 is 5.97 Å². The van der Waals surface area contributed by atoms with E-state index in [-0.39, 0.29) is 56.3 Å². The number of rotatable bonds is 6. The SMILES string of the molecule is C#CCO.CC[C@@H]1/C=C(\C)C[C@H](C)C[C@H](OC)[C@H]2O[C@@](O)(C(=O)C(=O)N3CCCC[C@H]3C(=O)O[C@H](/C(C)=C/[C@@H]3CC[C@@H](O)[C@H](OC)C3)[C@H](C)[C@@H](O)CC1=N)[C@H](C)C[C@@H]2OC. The number of ketones is 1. The zero-order chi connectivity index (χ0) is 44.9. The zero-order valence-electron chi connectivity index (χ0n) is 37.4. The molecule has 0 radical (unpaired) electrons. The first-order valence-corrected chi connectivity index (χ1v) is 21.8. The molecule has 60 heavy (non-hydrogen) atoms. The Morgan fingerprint density at radius 2 is 1.62 bits per heavy atom. The Labute approximate surface area is 357 Å². The van der Waals surface area contributed by atoms with Crippen LogP contribution >= 0.6 is 0 Å². The number of amides is 1. The van der Waals surface area contributed by atoms with Crippen LogP contribution in [0.1, 0.15) is 112 Å². The minimum Gasteiger partial charge on any atom is -0.456 e. The van der Waals surface area contributed by atoms with Crippen LogP contribution in [0.25, 0.3) is 0 Å². The van der Waals surface area contributed by atoms with Gasteiger partial charge in [0.25, 0.3) is 11.7 Å². The van der Waals surface area contributed by atoms with Crippen molar-refractivity contribution < 1.29 is 58.5 Å². The Morgan fingerprint density at radius 1 is 0.983 bits per heavy atom. The van der Waals surface area contributed by atoms with Crippen molar-refractivity contribution in [2.24, 2.45) is 29.6 Å². The van der Waals surface area contributed by atoms with Gasteiger partial charge in [0, 0.05) is 57.8 Å². The third kappa shape index (κ3) is 13.0. The molecule has 5 N–H and O–H groups in total. The lowest BCUT2D eigenvalue weighted by molar-refractivity contribution is -0.302. The van der Waals surface area contributed by atoms with Crippen molar-refractivity contribution in [3.8, 4) is 12.3 Å². The summed E-state index contributed by atoms with van der Waals surface area (Å²) in [5.41, 5.74) is 2.16. The normalized spacial score (nSPS) is 39.1. The molecule has 1 amide bonds. The molecule has 0 spiro atoms. The van der Waals surface area contributed by atoms with Gasteiger partial charge in [-0.25, -0.2) is 4.79 Å². The van der Waals surface area contributed by atoms with Gasteiger partial charge in [0.05, 0.1) is 30.5 Å². The lowest BCUT2D eigenvalue weighted by Crippen LogP contribution is -2.64. The number of methoxy groups -OCH3 is 3. The van der Waals surface area contributed by atoms with Crippen molar-refractivity contribution in [1.29, 1.82) is 5.41 Å². The van der Waals surface area contributed by atoms with Gasteiger partial charge in [-0.3, -0.25) is 9.59 Å². The van der Waals surface area contributed by atoms with Crippen molar-refractivity contribution in [3.05, 3.63) is 23.3 Å². The standard InChI is InChI=1S/C43H70N2O11.C3H4O/c1-10-30-18-24(2)17-25(3)19-36(53-8)39-37(54-9)21-27(5)43(51,56-39)40(48)41(49)45-16-12-11-13-32(45)42(50)55-38(28(6)34(47)23-31(30)44)26(4)20-29-14-15-33(46)35(22-29)52-7;1-2-3-4/h18,20,25,27-30,32-39,44,46-47,51H,10-17,19,21-23H2,1-9H3;1,4H,3H2/b24-18+,26-20+,44-31?;/t25-,27+,28+,29-,30+,32-,33+,34-,35+,36-,37-,38+,39+,43+;/m0./s1. The van der Waals surface area contributed by atoms with Crippen molar-refractivity contribution in [2.75, 3.05) is 34.5 Å². The zero-order valence-corrected chi connectivity index (χ0v) is 37.4. The average Bonchev–Trinajstić information content (AvgIpc) is 3.23.